The topological polar surface area (TPSA) is 113 Å². The Bertz CT molecular complexity index is 1430. The van der Waals surface area contributed by atoms with Crippen molar-refractivity contribution in [3.05, 3.63) is 65.4 Å². The number of hydrogen-bond acceptors (Lipinski definition) is 6. The number of benzene rings is 2. The van der Waals surface area contributed by atoms with E-state index in [0.717, 1.165) is 18.4 Å². The summed E-state index contributed by atoms with van der Waals surface area (Å²) >= 11 is 0. The Balaban J connectivity index is 1.93. The van der Waals surface area contributed by atoms with E-state index in [9.17, 15) is 18.0 Å². The molecule has 0 bridgehead atoms. The van der Waals surface area contributed by atoms with E-state index in [2.05, 4.69) is 9.88 Å². The summed E-state index contributed by atoms with van der Waals surface area (Å²) in [6.45, 7) is 9.65. The standard InChI is InChI=1S/C30H40N4O5S/c1-8-9-14-27(35)34(28(20(2)3)30(36)33(6)7)19-23-15-17-24(18-16-23)25-12-10-11-13-26(25)40(37,38)32-29-21(4)22(5)39-31-29/h10-13,15-18,20,28H,8-9,14,19H2,1-7H3,(H,31,32)/t28-/m0/s1. The number of aromatic nitrogens is 1. The normalized spacial score (nSPS) is 12.3. The molecule has 0 unspecified atom stereocenters. The van der Waals surface area contributed by atoms with Gasteiger partial charge in [-0.05, 0) is 43.4 Å². The maximum absolute atomic E-state index is 13.3. The van der Waals surface area contributed by atoms with Gasteiger partial charge in [0.15, 0.2) is 5.82 Å². The Morgan fingerprint density at radius 3 is 2.23 bits per heavy atom. The molecule has 2 aromatic carbocycles. The summed E-state index contributed by atoms with van der Waals surface area (Å²) in [4.78, 5) is 29.7. The van der Waals surface area contributed by atoms with Crippen molar-refractivity contribution in [1.29, 1.82) is 0 Å². The van der Waals surface area contributed by atoms with Crippen molar-refractivity contribution in [3.63, 3.8) is 0 Å². The van der Waals surface area contributed by atoms with Gasteiger partial charge in [0.2, 0.25) is 11.8 Å². The molecule has 0 fully saturated rings. The van der Waals surface area contributed by atoms with Crippen LogP contribution < -0.4 is 4.72 Å². The maximum atomic E-state index is 13.3. The third kappa shape index (κ3) is 7.10. The number of nitrogens with one attached hydrogen (secondary N) is 1. The van der Waals surface area contributed by atoms with Gasteiger partial charge in [-0.15, -0.1) is 0 Å². The molecular weight excluding hydrogens is 528 g/mol. The van der Waals surface area contributed by atoms with Crippen molar-refractivity contribution in [2.75, 3.05) is 18.8 Å². The van der Waals surface area contributed by atoms with E-state index in [1.807, 2.05) is 45.0 Å². The summed E-state index contributed by atoms with van der Waals surface area (Å²) in [7, 11) is -0.554. The molecule has 0 spiro atoms. The van der Waals surface area contributed by atoms with Crippen LogP contribution in [0.1, 0.15) is 56.9 Å². The lowest BCUT2D eigenvalue weighted by atomic mass is 9.98. The highest BCUT2D eigenvalue weighted by molar-refractivity contribution is 7.92. The molecule has 3 aromatic rings. The van der Waals surface area contributed by atoms with Crippen LogP contribution in [-0.2, 0) is 26.2 Å². The average molecular weight is 569 g/mol. The molecule has 0 aliphatic carbocycles. The smallest absolute Gasteiger partial charge is 0.263 e. The Morgan fingerprint density at radius 2 is 1.68 bits per heavy atom. The first kappa shape index (κ1) is 30.9. The highest BCUT2D eigenvalue weighted by Gasteiger charge is 2.33. The number of nitrogens with zero attached hydrogens (tertiary/aromatic N) is 3. The average Bonchev–Trinajstić information content (AvgIpc) is 3.23. The maximum Gasteiger partial charge on any atom is 0.263 e. The Morgan fingerprint density at radius 1 is 1.02 bits per heavy atom. The lowest BCUT2D eigenvalue weighted by Gasteiger charge is -2.35. The second-order valence-electron chi connectivity index (χ2n) is 10.6. The highest BCUT2D eigenvalue weighted by atomic mass is 32.2. The number of carbonyl (C=O) groups excluding carboxylic acids is 2. The van der Waals surface area contributed by atoms with Gasteiger partial charge < -0.3 is 14.3 Å². The highest BCUT2D eigenvalue weighted by Crippen LogP contribution is 2.30. The second-order valence-corrected chi connectivity index (χ2v) is 12.2. The fourth-order valence-corrected chi connectivity index (χ4v) is 5.77. The molecule has 2 amide bonds. The van der Waals surface area contributed by atoms with Crippen molar-refractivity contribution < 1.29 is 22.5 Å². The van der Waals surface area contributed by atoms with Crippen LogP contribution in [0.5, 0.6) is 0 Å². The third-order valence-corrected chi connectivity index (χ3v) is 8.31. The van der Waals surface area contributed by atoms with Crippen LogP contribution in [0.3, 0.4) is 0 Å². The van der Waals surface area contributed by atoms with Crippen molar-refractivity contribution >= 4 is 27.7 Å². The minimum Gasteiger partial charge on any atom is -0.359 e. The van der Waals surface area contributed by atoms with Crippen LogP contribution in [-0.4, -0.2) is 55.3 Å². The van der Waals surface area contributed by atoms with Gasteiger partial charge in [-0.2, -0.15) is 0 Å². The van der Waals surface area contributed by atoms with Crippen LogP contribution >= 0.6 is 0 Å². The first-order chi connectivity index (χ1) is 18.9. The minimum atomic E-state index is -3.96. The quantitative estimate of drug-likeness (QED) is 0.313. The zero-order valence-corrected chi connectivity index (χ0v) is 25.2. The molecule has 0 aliphatic heterocycles. The molecule has 10 heteroatoms. The van der Waals surface area contributed by atoms with Gasteiger partial charge in [-0.3, -0.25) is 14.3 Å². The van der Waals surface area contributed by atoms with Gasteiger partial charge >= 0.3 is 0 Å². The summed E-state index contributed by atoms with van der Waals surface area (Å²) in [5.74, 6) is 0.459. The molecule has 1 atom stereocenters. The van der Waals surface area contributed by atoms with E-state index in [1.54, 1.807) is 57.1 Å². The number of hydrogen-bond donors (Lipinski definition) is 1. The predicted molar refractivity (Wildman–Crippen MR) is 156 cm³/mol. The van der Waals surface area contributed by atoms with Crippen LogP contribution in [0.2, 0.25) is 0 Å². The predicted octanol–water partition coefficient (Wildman–Crippen LogP) is 5.39. The molecular formula is C30H40N4O5S. The largest absolute Gasteiger partial charge is 0.359 e. The minimum absolute atomic E-state index is 0.0549. The van der Waals surface area contributed by atoms with Crippen molar-refractivity contribution in [2.45, 2.75) is 71.4 Å². The number of sulfonamides is 1. The summed E-state index contributed by atoms with van der Waals surface area (Å²) in [6.07, 6.45) is 2.01. The summed E-state index contributed by atoms with van der Waals surface area (Å²) < 4.78 is 34.3. The SMILES string of the molecule is CCCCC(=O)N(Cc1ccc(-c2ccccc2S(=O)(=O)Nc2noc(C)c2C)cc1)[C@H](C(=O)N(C)C)C(C)C. The van der Waals surface area contributed by atoms with Crippen molar-refractivity contribution in [2.24, 2.45) is 5.92 Å². The number of likely N-dealkylation sites (N-methyl/N-ethyl adjacent to an activating group) is 1. The van der Waals surface area contributed by atoms with Crippen LogP contribution in [0.25, 0.3) is 11.1 Å². The number of anilines is 1. The summed E-state index contributed by atoms with van der Waals surface area (Å²) in [5, 5.41) is 3.83. The zero-order chi connectivity index (χ0) is 29.6. The molecule has 0 saturated heterocycles. The van der Waals surface area contributed by atoms with E-state index < -0.39 is 16.1 Å². The molecule has 1 aromatic heterocycles. The molecule has 216 valence electrons. The van der Waals surface area contributed by atoms with Gasteiger partial charge in [0.05, 0.1) is 4.90 Å². The Kier molecular flexibility index (Phi) is 10.1. The number of carbonyl (C=O) groups is 2. The molecule has 0 aliphatic rings. The van der Waals surface area contributed by atoms with E-state index >= 15 is 0 Å². The molecule has 9 nitrogen and oxygen atoms in total. The first-order valence-corrected chi connectivity index (χ1v) is 15.0. The lowest BCUT2D eigenvalue weighted by Crippen LogP contribution is -2.51. The van der Waals surface area contributed by atoms with Crippen molar-refractivity contribution in [3.8, 4) is 11.1 Å². The fourth-order valence-electron chi connectivity index (χ4n) is 4.48. The van der Waals surface area contributed by atoms with Gasteiger partial charge in [0, 0.05) is 38.2 Å². The molecule has 3 rings (SSSR count). The van der Waals surface area contributed by atoms with Crippen molar-refractivity contribution in [1.82, 2.24) is 15.0 Å². The summed E-state index contributed by atoms with van der Waals surface area (Å²) in [5.41, 5.74) is 2.69. The van der Waals surface area contributed by atoms with Gasteiger partial charge in [0.1, 0.15) is 11.8 Å². The first-order valence-electron chi connectivity index (χ1n) is 13.5. The van der Waals surface area contributed by atoms with Crippen LogP contribution in [0.4, 0.5) is 5.82 Å². The van der Waals surface area contributed by atoms with Gasteiger partial charge in [-0.25, -0.2) is 8.42 Å². The molecule has 1 heterocycles. The Labute approximate surface area is 237 Å². The van der Waals surface area contributed by atoms with Crippen LogP contribution in [0.15, 0.2) is 57.9 Å². The van der Waals surface area contributed by atoms with E-state index in [-0.39, 0.29) is 35.0 Å². The van der Waals surface area contributed by atoms with Gasteiger partial charge in [-0.1, -0.05) is 74.8 Å². The number of amides is 2. The number of unbranched alkanes of at least 4 members (excludes halogenated alkanes) is 1. The zero-order valence-electron chi connectivity index (χ0n) is 24.4. The third-order valence-electron chi connectivity index (χ3n) is 6.91. The van der Waals surface area contributed by atoms with E-state index in [4.69, 9.17) is 4.52 Å². The molecule has 40 heavy (non-hydrogen) atoms. The fraction of sp³-hybridized carbons (Fsp3) is 0.433. The number of aryl methyl sites for hydroxylation is 1. The second kappa shape index (κ2) is 13.1. The van der Waals surface area contributed by atoms with Crippen LogP contribution in [0, 0.1) is 19.8 Å². The molecule has 0 radical (unpaired) electrons. The monoisotopic (exact) mass is 568 g/mol. The lowest BCUT2D eigenvalue weighted by molar-refractivity contribution is -0.147. The molecule has 1 N–H and O–H groups in total. The van der Waals surface area contributed by atoms with Gasteiger partial charge in [0.25, 0.3) is 10.0 Å². The number of rotatable bonds is 12. The molecule has 0 saturated carbocycles. The summed E-state index contributed by atoms with van der Waals surface area (Å²) in [6, 6.07) is 13.6. The van der Waals surface area contributed by atoms with E-state index in [1.165, 1.54) is 4.90 Å². The van der Waals surface area contributed by atoms with E-state index in [0.29, 0.717) is 28.9 Å². The Hall–Kier alpha value is -3.66.